The van der Waals surface area contributed by atoms with Gasteiger partial charge >= 0.3 is 12.1 Å². The van der Waals surface area contributed by atoms with Crippen LogP contribution < -0.4 is 4.74 Å². The van der Waals surface area contributed by atoms with Gasteiger partial charge in [-0.05, 0) is 96.8 Å². The molecule has 2 aromatic carbocycles. The SMILES string of the molecule is O=C(O)c1c(I)c2cc(-c3ccc(C(F)(F)F)cn3)ccc2n1-c1ccc(OC2CCCC2)cc1. The summed E-state index contributed by atoms with van der Waals surface area (Å²) in [4.78, 5) is 16.2. The van der Waals surface area contributed by atoms with Crippen molar-refractivity contribution < 1.29 is 27.8 Å². The van der Waals surface area contributed by atoms with Gasteiger partial charge in [-0.15, -0.1) is 0 Å². The molecule has 1 fully saturated rings. The zero-order chi connectivity index (χ0) is 24.7. The number of benzene rings is 2. The average Bonchev–Trinajstić information content (AvgIpc) is 3.45. The number of ether oxygens (including phenoxy) is 1. The van der Waals surface area contributed by atoms with Crippen molar-refractivity contribution in [3.63, 3.8) is 0 Å². The Morgan fingerprint density at radius 2 is 1.77 bits per heavy atom. The van der Waals surface area contributed by atoms with Gasteiger partial charge in [0.25, 0.3) is 0 Å². The van der Waals surface area contributed by atoms with Crippen molar-refractivity contribution in [3.8, 4) is 22.7 Å². The summed E-state index contributed by atoms with van der Waals surface area (Å²) in [5.41, 5.74) is 1.60. The number of carboxylic acid groups (broad SMARTS) is 1. The van der Waals surface area contributed by atoms with E-state index in [1.54, 1.807) is 22.8 Å². The van der Waals surface area contributed by atoms with Gasteiger partial charge in [-0.25, -0.2) is 4.79 Å². The molecule has 1 saturated carbocycles. The molecule has 2 aromatic heterocycles. The minimum Gasteiger partial charge on any atom is -0.490 e. The van der Waals surface area contributed by atoms with Crippen LogP contribution in [0.2, 0.25) is 0 Å². The van der Waals surface area contributed by atoms with Crippen LogP contribution in [-0.4, -0.2) is 26.7 Å². The Labute approximate surface area is 212 Å². The molecule has 0 radical (unpaired) electrons. The number of halogens is 4. The largest absolute Gasteiger partial charge is 0.490 e. The van der Waals surface area contributed by atoms with Crippen LogP contribution in [0, 0.1) is 3.57 Å². The predicted molar refractivity (Wildman–Crippen MR) is 134 cm³/mol. The van der Waals surface area contributed by atoms with Crippen LogP contribution in [0.1, 0.15) is 41.7 Å². The number of pyridine rings is 1. The first-order valence-corrected chi connectivity index (χ1v) is 12.2. The molecule has 0 atom stereocenters. The molecule has 0 spiro atoms. The van der Waals surface area contributed by atoms with Gasteiger partial charge in [0, 0.05) is 22.8 Å². The molecule has 9 heteroatoms. The number of alkyl halides is 3. The summed E-state index contributed by atoms with van der Waals surface area (Å²) in [7, 11) is 0. The molecule has 4 aromatic rings. The van der Waals surface area contributed by atoms with Crippen LogP contribution in [0.25, 0.3) is 27.8 Å². The van der Waals surface area contributed by atoms with E-state index < -0.39 is 17.7 Å². The number of carbonyl (C=O) groups is 1. The van der Waals surface area contributed by atoms with E-state index in [9.17, 15) is 23.1 Å². The Bertz CT molecular complexity index is 1390. The Hall–Kier alpha value is -3.08. The number of carboxylic acids is 1. The molecule has 5 nitrogen and oxygen atoms in total. The van der Waals surface area contributed by atoms with Gasteiger partial charge < -0.3 is 14.4 Å². The molecule has 180 valence electrons. The number of aromatic carboxylic acids is 1. The van der Waals surface area contributed by atoms with E-state index in [2.05, 4.69) is 4.98 Å². The second kappa shape index (κ2) is 9.18. The lowest BCUT2D eigenvalue weighted by Crippen LogP contribution is -2.11. The van der Waals surface area contributed by atoms with Crippen molar-refractivity contribution in [2.45, 2.75) is 38.0 Å². The van der Waals surface area contributed by atoms with Gasteiger partial charge in [0.2, 0.25) is 0 Å². The number of hydrogen-bond acceptors (Lipinski definition) is 3. The Kier molecular flexibility index (Phi) is 6.20. The molecule has 1 aliphatic rings. The van der Waals surface area contributed by atoms with E-state index in [-0.39, 0.29) is 11.8 Å². The van der Waals surface area contributed by atoms with E-state index in [1.165, 1.54) is 18.9 Å². The zero-order valence-electron chi connectivity index (χ0n) is 18.3. The van der Waals surface area contributed by atoms with E-state index in [0.717, 1.165) is 30.9 Å². The van der Waals surface area contributed by atoms with E-state index in [0.29, 0.717) is 31.4 Å². The van der Waals surface area contributed by atoms with Gasteiger partial charge in [0.1, 0.15) is 11.4 Å². The highest BCUT2D eigenvalue weighted by atomic mass is 127. The minimum absolute atomic E-state index is 0.114. The number of rotatable bonds is 5. The molecule has 1 aliphatic carbocycles. The van der Waals surface area contributed by atoms with Crippen molar-refractivity contribution in [2.75, 3.05) is 0 Å². The smallest absolute Gasteiger partial charge is 0.417 e. The Morgan fingerprint density at radius 1 is 1.06 bits per heavy atom. The average molecular weight is 592 g/mol. The maximum absolute atomic E-state index is 12.9. The summed E-state index contributed by atoms with van der Waals surface area (Å²) >= 11 is 2.00. The summed E-state index contributed by atoms with van der Waals surface area (Å²) in [6.45, 7) is 0. The van der Waals surface area contributed by atoms with Gasteiger partial charge in [-0.1, -0.05) is 6.07 Å². The standard InChI is InChI=1S/C26H20F3IN2O3/c27-26(28,29)16-6-11-21(31-14-16)15-5-12-22-20(13-15)23(30)24(25(33)34)32(22)17-7-9-19(10-8-17)35-18-3-1-2-4-18/h5-14,18H,1-4H2,(H,33,34). The fourth-order valence-corrected chi connectivity index (χ4v) is 5.38. The van der Waals surface area contributed by atoms with Gasteiger partial charge in [0.05, 0.1) is 26.4 Å². The lowest BCUT2D eigenvalue weighted by molar-refractivity contribution is -0.137. The third-order valence-electron chi connectivity index (χ3n) is 6.19. The number of nitrogens with zero attached hydrogens (tertiary/aromatic N) is 2. The van der Waals surface area contributed by atoms with Gasteiger partial charge in [-0.3, -0.25) is 4.98 Å². The topological polar surface area (TPSA) is 64.3 Å². The van der Waals surface area contributed by atoms with Crippen LogP contribution >= 0.6 is 22.6 Å². The molecule has 0 unspecified atom stereocenters. The molecular formula is C26H20F3IN2O3. The van der Waals surface area contributed by atoms with Crippen molar-refractivity contribution in [1.29, 1.82) is 0 Å². The molecule has 2 heterocycles. The molecule has 0 aliphatic heterocycles. The molecule has 1 N–H and O–H groups in total. The van der Waals surface area contributed by atoms with Crippen LogP contribution in [0.15, 0.2) is 60.8 Å². The minimum atomic E-state index is -4.46. The first-order valence-electron chi connectivity index (χ1n) is 11.1. The predicted octanol–water partition coefficient (Wildman–Crippen LogP) is 7.34. The van der Waals surface area contributed by atoms with Crippen LogP contribution in [0.4, 0.5) is 13.2 Å². The van der Waals surface area contributed by atoms with Crippen molar-refractivity contribution in [1.82, 2.24) is 9.55 Å². The van der Waals surface area contributed by atoms with E-state index >= 15 is 0 Å². The zero-order valence-corrected chi connectivity index (χ0v) is 20.5. The number of hydrogen-bond donors (Lipinski definition) is 1. The van der Waals surface area contributed by atoms with Crippen molar-refractivity contribution in [3.05, 3.63) is 75.6 Å². The summed E-state index contributed by atoms with van der Waals surface area (Å²) in [6.07, 6.45) is 0.985. The summed E-state index contributed by atoms with van der Waals surface area (Å²) in [6, 6.07) is 14.9. The Balaban J connectivity index is 1.54. The summed E-state index contributed by atoms with van der Waals surface area (Å²) in [5, 5.41) is 10.7. The third kappa shape index (κ3) is 4.61. The first-order chi connectivity index (χ1) is 16.7. The fraction of sp³-hybridized carbons (Fsp3) is 0.231. The fourth-order valence-electron chi connectivity index (χ4n) is 4.47. The van der Waals surface area contributed by atoms with Gasteiger partial charge in [-0.2, -0.15) is 13.2 Å². The highest BCUT2D eigenvalue weighted by Gasteiger charge is 2.30. The molecular weight excluding hydrogens is 572 g/mol. The summed E-state index contributed by atoms with van der Waals surface area (Å²) in [5.74, 6) is -0.328. The maximum atomic E-state index is 12.9. The monoisotopic (exact) mass is 592 g/mol. The van der Waals surface area contributed by atoms with E-state index in [1.807, 2.05) is 46.9 Å². The van der Waals surface area contributed by atoms with Crippen LogP contribution in [0.5, 0.6) is 5.75 Å². The van der Waals surface area contributed by atoms with Crippen molar-refractivity contribution in [2.24, 2.45) is 0 Å². The highest BCUT2D eigenvalue weighted by molar-refractivity contribution is 14.1. The first kappa shape index (κ1) is 23.7. The maximum Gasteiger partial charge on any atom is 0.417 e. The molecule has 35 heavy (non-hydrogen) atoms. The lowest BCUT2D eigenvalue weighted by Gasteiger charge is -2.14. The van der Waals surface area contributed by atoms with Gasteiger partial charge in [0.15, 0.2) is 0 Å². The highest BCUT2D eigenvalue weighted by Crippen LogP contribution is 2.35. The quantitative estimate of drug-likeness (QED) is 0.247. The van der Waals surface area contributed by atoms with E-state index in [4.69, 9.17) is 4.74 Å². The van der Waals surface area contributed by atoms with Crippen LogP contribution in [-0.2, 0) is 6.18 Å². The second-order valence-corrected chi connectivity index (χ2v) is 9.56. The Morgan fingerprint density at radius 3 is 2.37 bits per heavy atom. The number of fused-ring (bicyclic) bond motifs is 1. The van der Waals surface area contributed by atoms with Crippen LogP contribution in [0.3, 0.4) is 0 Å². The third-order valence-corrected chi connectivity index (χ3v) is 7.29. The second-order valence-electron chi connectivity index (χ2n) is 8.48. The molecule has 5 rings (SSSR count). The normalized spacial score (nSPS) is 14.5. The molecule has 0 amide bonds. The molecule has 0 saturated heterocycles. The lowest BCUT2D eigenvalue weighted by atomic mass is 10.1. The van der Waals surface area contributed by atoms with Crippen molar-refractivity contribution >= 4 is 39.5 Å². The molecule has 0 bridgehead atoms. The summed E-state index contributed by atoms with van der Waals surface area (Å²) < 4.78 is 46.9. The number of aromatic nitrogens is 2.